The molecule has 1 atom stereocenters. The molecule has 0 spiro atoms. The second kappa shape index (κ2) is 10.8. The van der Waals surface area contributed by atoms with Gasteiger partial charge in [0.25, 0.3) is 0 Å². The molecule has 8 heteroatoms. The van der Waals surface area contributed by atoms with E-state index in [1.807, 2.05) is 91.0 Å². The molecule has 0 aliphatic rings. The number of hydrogen-bond donors (Lipinski definition) is 1. The van der Waals surface area contributed by atoms with Crippen LogP contribution in [0.25, 0.3) is 38.9 Å². The smallest absolute Gasteiger partial charge is 0.192 e. The number of pyridine rings is 1. The summed E-state index contributed by atoms with van der Waals surface area (Å²) in [5.41, 5.74) is 6.12. The molecule has 0 saturated heterocycles. The van der Waals surface area contributed by atoms with Crippen molar-refractivity contribution in [1.82, 2.24) is 24.8 Å². The number of aromatic nitrogens is 5. The fourth-order valence-corrected chi connectivity index (χ4v) is 5.17. The third-order valence-electron chi connectivity index (χ3n) is 6.46. The van der Waals surface area contributed by atoms with Crippen LogP contribution in [0, 0.1) is 0 Å². The van der Waals surface area contributed by atoms with E-state index in [2.05, 4.69) is 26.3 Å². The molecule has 192 valence electrons. The van der Waals surface area contributed by atoms with Crippen LogP contribution in [0.15, 0.2) is 107 Å². The first-order valence-corrected chi connectivity index (χ1v) is 14.8. The van der Waals surface area contributed by atoms with E-state index in [1.165, 1.54) is 0 Å². The summed E-state index contributed by atoms with van der Waals surface area (Å²) in [7, 11) is 0. The molecule has 0 aliphatic heterocycles. The maximum Gasteiger partial charge on any atom is 0.192 e. The highest BCUT2D eigenvalue weighted by atomic mass is 127. The molecule has 3 aromatic carbocycles. The van der Waals surface area contributed by atoms with Gasteiger partial charge in [-0.25, -0.2) is 0 Å². The molecule has 0 amide bonds. The van der Waals surface area contributed by atoms with Crippen molar-refractivity contribution < 1.29 is 9.84 Å². The first kappa shape index (κ1) is 25.0. The molecule has 7 nitrogen and oxygen atoms in total. The topological polar surface area (TPSA) is 85.4 Å². The van der Waals surface area contributed by atoms with Gasteiger partial charge in [-0.1, -0.05) is 86.4 Å². The molecule has 0 fully saturated rings. The van der Waals surface area contributed by atoms with Gasteiger partial charge in [0.2, 0.25) is 0 Å². The largest absolute Gasteiger partial charge is 0.485 e. The van der Waals surface area contributed by atoms with Crippen molar-refractivity contribution in [1.29, 1.82) is 0 Å². The summed E-state index contributed by atoms with van der Waals surface area (Å²) in [5, 5.41) is 24.8. The highest BCUT2D eigenvalue weighted by Gasteiger charge is 2.13. The van der Waals surface area contributed by atoms with Gasteiger partial charge in [0.15, 0.2) is 11.5 Å². The zero-order chi connectivity index (χ0) is 26.8. The predicted octanol–water partition coefficient (Wildman–Crippen LogP) is 6.54. The van der Waals surface area contributed by atoms with Gasteiger partial charge in [0, 0.05) is 20.7 Å². The predicted molar refractivity (Wildman–Crippen MR) is 163 cm³/mol. The Morgan fingerprint density at radius 2 is 1.72 bits per heavy atom. The number of nitrogens with zero attached hydrogens (tertiary/aromatic N) is 5. The molecule has 0 radical (unpaired) electrons. The number of halogens is 1. The standard InChI is InChI=1S/C31H24IN5O2/c1-20(32-2)31(38)24-10-6-9-22(17-24)23-11-12-25-27(18-23)33-16-15-28(25)39-19-30-35-34-29-14-13-26(36-37(29)30)21-7-4-3-5-8-21/h3-18,31,38H,1-2,19H2. The monoisotopic (exact) mass is 625 g/mol. The third-order valence-corrected chi connectivity index (χ3v) is 8.03. The number of fused-ring (bicyclic) bond motifs is 2. The second-order valence-corrected chi connectivity index (χ2v) is 11.1. The van der Waals surface area contributed by atoms with Gasteiger partial charge in [-0.3, -0.25) is 4.98 Å². The van der Waals surface area contributed by atoms with E-state index in [-0.39, 0.29) is 6.61 Å². The molecule has 6 rings (SSSR count). The lowest BCUT2D eigenvalue weighted by Gasteiger charge is -2.13. The van der Waals surface area contributed by atoms with Crippen molar-refractivity contribution in [3.63, 3.8) is 0 Å². The van der Waals surface area contributed by atoms with Gasteiger partial charge in [0.05, 0.1) is 11.2 Å². The first-order valence-electron chi connectivity index (χ1n) is 12.2. The molecule has 39 heavy (non-hydrogen) atoms. The highest BCUT2D eigenvalue weighted by molar-refractivity contribution is 14.2. The SMILES string of the molecule is C=IC(=C)C(O)c1cccc(-c2ccc3c(OCc4nnc5ccc(-c6ccccc6)nn45)ccnc3c2)c1. The number of rotatable bonds is 8. The summed E-state index contributed by atoms with van der Waals surface area (Å²) in [5.74, 6) is 1.30. The number of ether oxygens (including phenoxy) is 1. The normalized spacial score (nSPS) is 12.0. The zero-order valence-corrected chi connectivity index (χ0v) is 23.1. The molecular formula is C31H24IN5O2. The first-order chi connectivity index (χ1) is 19.1. The van der Waals surface area contributed by atoms with Crippen LogP contribution in [0.3, 0.4) is 0 Å². The van der Waals surface area contributed by atoms with Gasteiger partial charge in [-0.15, -0.1) is 10.2 Å². The summed E-state index contributed by atoms with van der Waals surface area (Å²) in [6.45, 7) is 4.17. The van der Waals surface area contributed by atoms with Crippen LogP contribution in [-0.4, -0.2) is 34.4 Å². The molecule has 3 aromatic heterocycles. The van der Waals surface area contributed by atoms with E-state index >= 15 is 0 Å². The summed E-state index contributed by atoms with van der Waals surface area (Å²) < 4.78 is 12.6. The van der Waals surface area contributed by atoms with Crippen molar-refractivity contribution in [2.45, 2.75) is 12.7 Å². The number of aliphatic hydroxyl groups is 1. The van der Waals surface area contributed by atoms with Crippen molar-refractivity contribution >= 4 is 41.8 Å². The Morgan fingerprint density at radius 3 is 2.56 bits per heavy atom. The van der Waals surface area contributed by atoms with Gasteiger partial charge in [-0.05, 0) is 53.1 Å². The Kier molecular flexibility index (Phi) is 6.95. The fourth-order valence-electron chi connectivity index (χ4n) is 4.40. The van der Waals surface area contributed by atoms with Crippen molar-refractivity contribution in [3.05, 3.63) is 119 Å². The lowest BCUT2D eigenvalue weighted by atomic mass is 9.99. The quantitative estimate of drug-likeness (QED) is 0.194. The van der Waals surface area contributed by atoms with Crippen molar-refractivity contribution in [3.8, 4) is 28.1 Å². The van der Waals surface area contributed by atoms with Gasteiger partial charge < -0.3 is 9.84 Å². The van der Waals surface area contributed by atoms with Crippen LogP contribution in [0.1, 0.15) is 17.5 Å². The maximum absolute atomic E-state index is 10.6. The van der Waals surface area contributed by atoms with Crippen LogP contribution >= 0.6 is 20.7 Å². The minimum Gasteiger partial charge on any atom is -0.485 e. The Balaban J connectivity index is 1.27. The van der Waals surface area contributed by atoms with E-state index in [1.54, 1.807) is 10.7 Å². The van der Waals surface area contributed by atoms with Crippen LogP contribution in [-0.2, 0) is 6.61 Å². The van der Waals surface area contributed by atoms with Crippen molar-refractivity contribution in [2.24, 2.45) is 0 Å². The van der Waals surface area contributed by atoms with Crippen LogP contribution in [0.5, 0.6) is 5.75 Å². The summed E-state index contributed by atoms with van der Waals surface area (Å²) >= 11 is -0.487. The van der Waals surface area contributed by atoms with E-state index < -0.39 is 26.8 Å². The van der Waals surface area contributed by atoms with Gasteiger partial charge >= 0.3 is 0 Å². The summed E-state index contributed by atoms with van der Waals surface area (Å²) in [6.07, 6.45) is 1.04. The van der Waals surface area contributed by atoms with Crippen LogP contribution < -0.4 is 4.74 Å². The Bertz CT molecular complexity index is 1830. The van der Waals surface area contributed by atoms with Gasteiger partial charge in [0.1, 0.15) is 18.5 Å². The van der Waals surface area contributed by atoms with Crippen molar-refractivity contribution in [2.75, 3.05) is 0 Å². The Morgan fingerprint density at radius 1 is 0.897 bits per heavy atom. The molecule has 1 unspecified atom stereocenters. The van der Waals surface area contributed by atoms with E-state index in [0.29, 0.717) is 17.2 Å². The molecule has 6 aromatic rings. The van der Waals surface area contributed by atoms with Gasteiger partial charge in [-0.2, -0.15) is 9.61 Å². The Hall–Kier alpha value is -4.28. The molecule has 3 heterocycles. The highest BCUT2D eigenvalue weighted by Crippen LogP contribution is 2.33. The fraction of sp³-hybridized carbons (Fsp3) is 0.0645. The number of hydrogen-bond acceptors (Lipinski definition) is 6. The summed E-state index contributed by atoms with van der Waals surface area (Å²) in [6, 6.07) is 29.6. The molecule has 0 aliphatic carbocycles. The summed E-state index contributed by atoms with van der Waals surface area (Å²) in [4.78, 5) is 4.57. The lowest BCUT2D eigenvalue weighted by Crippen LogP contribution is -2.05. The lowest BCUT2D eigenvalue weighted by molar-refractivity contribution is 0.227. The van der Waals surface area contributed by atoms with Crippen LogP contribution in [0.4, 0.5) is 0 Å². The Labute approximate surface area is 235 Å². The molecule has 1 N–H and O–H groups in total. The maximum atomic E-state index is 10.6. The minimum atomic E-state index is -0.694. The van der Waals surface area contributed by atoms with E-state index in [9.17, 15) is 5.11 Å². The zero-order valence-electron chi connectivity index (χ0n) is 20.9. The number of aliphatic hydroxyl groups excluding tert-OH is 1. The molecule has 0 saturated carbocycles. The average molecular weight is 625 g/mol. The molecule has 0 bridgehead atoms. The second-order valence-electron chi connectivity index (χ2n) is 8.91. The van der Waals surface area contributed by atoms with Crippen LogP contribution in [0.2, 0.25) is 0 Å². The number of benzene rings is 3. The van der Waals surface area contributed by atoms with E-state index in [4.69, 9.17) is 9.84 Å². The molecular weight excluding hydrogens is 601 g/mol. The van der Waals surface area contributed by atoms with E-state index in [0.717, 1.165) is 42.4 Å². The minimum absolute atomic E-state index is 0.200. The average Bonchev–Trinajstić information content (AvgIpc) is 3.41. The third kappa shape index (κ3) is 5.08.